The van der Waals surface area contributed by atoms with Crippen molar-refractivity contribution in [1.82, 2.24) is 4.98 Å². The molecule has 1 N–H and O–H groups in total. The van der Waals surface area contributed by atoms with E-state index in [1.807, 2.05) is 13.0 Å². The Morgan fingerprint density at radius 1 is 1.14 bits per heavy atom. The van der Waals surface area contributed by atoms with E-state index in [9.17, 15) is 14.5 Å². The highest BCUT2D eigenvalue weighted by Crippen LogP contribution is 2.27. The van der Waals surface area contributed by atoms with E-state index >= 15 is 0 Å². The molecule has 0 saturated heterocycles. The number of non-ortho nitro benzene ring substituents is 1. The van der Waals surface area contributed by atoms with Crippen LogP contribution >= 0.6 is 0 Å². The van der Waals surface area contributed by atoms with Crippen LogP contribution in [0.1, 0.15) is 5.69 Å². The van der Waals surface area contributed by atoms with Gasteiger partial charge in [-0.1, -0.05) is 0 Å². The van der Waals surface area contributed by atoms with Crippen molar-refractivity contribution in [1.29, 1.82) is 0 Å². The molecule has 1 heterocycles. The molecule has 0 aliphatic carbocycles. The van der Waals surface area contributed by atoms with Crippen molar-refractivity contribution in [3.05, 3.63) is 70.2 Å². The third kappa shape index (κ3) is 2.71. The number of hydrogen-bond acceptors (Lipinski definition) is 4. The number of hydrogen-bond donors (Lipinski definition) is 1. The molecule has 22 heavy (non-hydrogen) atoms. The van der Waals surface area contributed by atoms with Crippen LogP contribution in [0, 0.1) is 22.9 Å². The first kappa shape index (κ1) is 13.9. The highest BCUT2D eigenvalue weighted by Gasteiger charge is 2.08. The molecule has 0 unspecified atom stereocenters. The standard InChI is InChI=1S/C16H12FN3O2/c1-10-8-16(14-9-11(17)2-7-15(14)18-10)19-12-3-5-13(6-4-12)20(21)22/h2-9H,1H3,(H,18,19). The molecule has 0 fully saturated rings. The van der Waals surface area contributed by atoms with E-state index in [1.54, 1.807) is 18.2 Å². The Morgan fingerprint density at radius 3 is 2.55 bits per heavy atom. The summed E-state index contributed by atoms with van der Waals surface area (Å²) in [6, 6.07) is 12.3. The zero-order chi connectivity index (χ0) is 15.7. The predicted molar refractivity (Wildman–Crippen MR) is 82.8 cm³/mol. The number of nitrogens with one attached hydrogen (secondary N) is 1. The normalized spacial score (nSPS) is 10.6. The maximum Gasteiger partial charge on any atom is 0.269 e. The van der Waals surface area contributed by atoms with Crippen molar-refractivity contribution >= 4 is 28.0 Å². The number of pyridine rings is 1. The Labute approximate surface area is 125 Å². The smallest absolute Gasteiger partial charge is 0.269 e. The molecule has 2 aromatic carbocycles. The number of aryl methyl sites for hydroxylation is 1. The van der Waals surface area contributed by atoms with E-state index in [1.165, 1.54) is 24.3 Å². The predicted octanol–water partition coefficient (Wildman–Crippen LogP) is 4.33. The first-order chi connectivity index (χ1) is 10.5. The highest BCUT2D eigenvalue weighted by molar-refractivity contribution is 5.93. The van der Waals surface area contributed by atoms with Gasteiger partial charge in [0.25, 0.3) is 5.69 Å². The number of rotatable bonds is 3. The fourth-order valence-electron chi connectivity index (χ4n) is 2.26. The summed E-state index contributed by atoms with van der Waals surface area (Å²) in [6.45, 7) is 1.85. The third-order valence-corrected chi connectivity index (χ3v) is 3.26. The van der Waals surface area contributed by atoms with Crippen molar-refractivity contribution in [2.45, 2.75) is 6.92 Å². The van der Waals surface area contributed by atoms with Gasteiger partial charge < -0.3 is 5.32 Å². The molecule has 0 amide bonds. The summed E-state index contributed by atoms with van der Waals surface area (Å²) in [4.78, 5) is 14.6. The zero-order valence-electron chi connectivity index (χ0n) is 11.7. The largest absolute Gasteiger partial charge is 0.355 e. The van der Waals surface area contributed by atoms with Gasteiger partial charge in [0.15, 0.2) is 0 Å². The highest BCUT2D eigenvalue weighted by atomic mass is 19.1. The van der Waals surface area contributed by atoms with Crippen molar-refractivity contribution in [2.24, 2.45) is 0 Å². The zero-order valence-corrected chi connectivity index (χ0v) is 11.7. The van der Waals surface area contributed by atoms with Gasteiger partial charge in [-0.2, -0.15) is 0 Å². The number of aromatic nitrogens is 1. The summed E-state index contributed by atoms with van der Waals surface area (Å²) >= 11 is 0. The number of nitro benzene ring substituents is 1. The lowest BCUT2D eigenvalue weighted by Crippen LogP contribution is -1.96. The number of fused-ring (bicyclic) bond motifs is 1. The number of halogens is 1. The number of nitrogens with zero attached hydrogens (tertiary/aromatic N) is 2. The van der Waals surface area contributed by atoms with Crippen LogP contribution in [0.25, 0.3) is 10.9 Å². The van der Waals surface area contributed by atoms with Gasteiger partial charge in [-0.15, -0.1) is 0 Å². The fraction of sp³-hybridized carbons (Fsp3) is 0.0625. The van der Waals surface area contributed by atoms with E-state index in [0.717, 1.165) is 5.69 Å². The molecule has 5 nitrogen and oxygen atoms in total. The molecule has 0 radical (unpaired) electrons. The minimum absolute atomic E-state index is 0.0207. The quantitative estimate of drug-likeness (QED) is 0.577. The summed E-state index contributed by atoms with van der Waals surface area (Å²) in [5.74, 6) is -0.343. The second kappa shape index (κ2) is 5.40. The van der Waals surface area contributed by atoms with E-state index in [-0.39, 0.29) is 11.5 Å². The van der Waals surface area contributed by atoms with E-state index in [2.05, 4.69) is 10.3 Å². The summed E-state index contributed by atoms with van der Waals surface area (Å²) in [5.41, 5.74) is 2.89. The maximum atomic E-state index is 13.5. The average molecular weight is 297 g/mol. The summed E-state index contributed by atoms with van der Waals surface area (Å²) in [7, 11) is 0. The lowest BCUT2D eigenvalue weighted by molar-refractivity contribution is -0.384. The molecular formula is C16H12FN3O2. The van der Waals surface area contributed by atoms with Gasteiger partial charge in [-0.3, -0.25) is 15.1 Å². The Kier molecular flexibility index (Phi) is 3.42. The molecule has 0 aliphatic heterocycles. The first-order valence-corrected chi connectivity index (χ1v) is 6.61. The molecule has 0 atom stereocenters. The van der Waals surface area contributed by atoms with Crippen LogP contribution < -0.4 is 5.32 Å². The van der Waals surface area contributed by atoms with Crippen LogP contribution in [0.5, 0.6) is 0 Å². The van der Waals surface area contributed by atoms with Gasteiger partial charge in [0.1, 0.15) is 5.82 Å². The van der Waals surface area contributed by atoms with E-state index < -0.39 is 4.92 Å². The summed E-state index contributed by atoms with van der Waals surface area (Å²) in [6.07, 6.45) is 0. The summed E-state index contributed by atoms with van der Waals surface area (Å²) < 4.78 is 13.5. The average Bonchev–Trinajstić information content (AvgIpc) is 2.48. The van der Waals surface area contributed by atoms with Crippen LogP contribution in [-0.2, 0) is 0 Å². The van der Waals surface area contributed by atoms with E-state index in [4.69, 9.17) is 0 Å². The molecule has 0 spiro atoms. The van der Waals surface area contributed by atoms with Crippen molar-refractivity contribution in [3.63, 3.8) is 0 Å². The molecule has 6 heteroatoms. The van der Waals surface area contributed by atoms with Crippen LogP contribution in [0.2, 0.25) is 0 Å². The van der Waals surface area contributed by atoms with Crippen LogP contribution in [-0.4, -0.2) is 9.91 Å². The lowest BCUT2D eigenvalue weighted by atomic mass is 10.1. The molecular weight excluding hydrogens is 285 g/mol. The van der Waals surface area contributed by atoms with Gasteiger partial charge in [-0.05, 0) is 43.3 Å². The lowest BCUT2D eigenvalue weighted by Gasteiger charge is -2.11. The SMILES string of the molecule is Cc1cc(Nc2ccc([N+](=O)[O-])cc2)c2cc(F)ccc2n1. The van der Waals surface area contributed by atoms with Crippen molar-refractivity contribution < 1.29 is 9.31 Å². The monoisotopic (exact) mass is 297 g/mol. The Balaban J connectivity index is 2.02. The minimum Gasteiger partial charge on any atom is -0.355 e. The number of anilines is 2. The van der Waals surface area contributed by atoms with Gasteiger partial charge in [0, 0.05) is 34.6 Å². The van der Waals surface area contributed by atoms with Gasteiger partial charge in [0.2, 0.25) is 0 Å². The van der Waals surface area contributed by atoms with Gasteiger partial charge in [0.05, 0.1) is 10.4 Å². The minimum atomic E-state index is -0.453. The summed E-state index contributed by atoms with van der Waals surface area (Å²) in [5, 5.41) is 14.5. The second-order valence-electron chi connectivity index (χ2n) is 4.90. The molecule has 0 bridgehead atoms. The molecule has 3 aromatic rings. The van der Waals surface area contributed by atoms with Crippen LogP contribution in [0.15, 0.2) is 48.5 Å². The topological polar surface area (TPSA) is 68.1 Å². The number of nitro groups is 1. The van der Waals surface area contributed by atoms with Crippen molar-refractivity contribution in [3.8, 4) is 0 Å². The second-order valence-corrected chi connectivity index (χ2v) is 4.90. The third-order valence-electron chi connectivity index (χ3n) is 3.26. The maximum absolute atomic E-state index is 13.5. The first-order valence-electron chi connectivity index (χ1n) is 6.61. The Bertz CT molecular complexity index is 863. The number of benzene rings is 2. The Morgan fingerprint density at radius 2 is 1.86 bits per heavy atom. The van der Waals surface area contributed by atoms with Crippen LogP contribution in [0.4, 0.5) is 21.5 Å². The van der Waals surface area contributed by atoms with Crippen LogP contribution in [0.3, 0.4) is 0 Å². The Hall–Kier alpha value is -3.02. The molecule has 3 rings (SSSR count). The van der Waals surface area contributed by atoms with Crippen molar-refractivity contribution in [2.75, 3.05) is 5.32 Å². The molecule has 0 aliphatic rings. The van der Waals surface area contributed by atoms with Gasteiger partial charge in [-0.25, -0.2) is 4.39 Å². The molecule has 110 valence electrons. The molecule has 0 saturated carbocycles. The molecule has 1 aromatic heterocycles. The van der Waals surface area contributed by atoms with E-state index in [0.29, 0.717) is 22.3 Å². The van der Waals surface area contributed by atoms with Gasteiger partial charge >= 0.3 is 0 Å². The fourth-order valence-corrected chi connectivity index (χ4v) is 2.26.